The first-order valence-corrected chi connectivity index (χ1v) is 4.70. The second-order valence-electron chi connectivity index (χ2n) is 2.22. The molecular weight excluding hydrogens is 221 g/mol. The second kappa shape index (κ2) is 3.49. The molecule has 0 N–H and O–H groups in total. The van der Waals surface area contributed by atoms with Crippen molar-refractivity contribution in [3.8, 4) is 5.75 Å². The van der Waals surface area contributed by atoms with Crippen molar-refractivity contribution in [3.05, 3.63) is 30.3 Å². The van der Waals surface area contributed by atoms with Crippen LogP contribution in [0.4, 0.5) is 13.2 Å². The molecule has 0 saturated heterocycles. The Hall–Kier alpha value is -1.24. The van der Waals surface area contributed by atoms with E-state index in [0.29, 0.717) is 0 Å². The highest BCUT2D eigenvalue weighted by Crippen LogP contribution is 2.26. The Balaban J connectivity index is 2.91. The highest BCUT2D eigenvalue weighted by atomic mass is 32.2. The lowest BCUT2D eigenvalue weighted by Crippen LogP contribution is -2.27. The third-order valence-electron chi connectivity index (χ3n) is 1.18. The monoisotopic (exact) mass is 225 g/mol. The number of rotatable bonds is 2. The molecule has 0 aliphatic rings. The van der Waals surface area contributed by atoms with Crippen LogP contribution in [0.25, 0.3) is 0 Å². The average Bonchev–Trinajstić information content (AvgIpc) is 2.03. The van der Waals surface area contributed by atoms with Crippen molar-refractivity contribution in [2.45, 2.75) is 5.51 Å². The molecule has 7 heteroatoms. The summed E-state index contributed by atoms with van der Waals surface area (Å²) in [6.45, 7) is 0. The zero-order chi connectivity index (χ0) is 10.8. The van der Waals surface area contributed by atoms with Crippen LogP contribution in [-0.2, 0) is 10.1 Å². The molecule has 0 aliphatic carbocycles. The van der Waals surface area contributed by atoms with Crippen molar-refractivity contribution in [2.75, 3.05) is 0 Å². The van der Waals surface area contributed by atoms with Gasteiger partial charge in [0.1, 0.15) is 5.75 Å². The van der Waals surface area contributed by atoms with Gasteiger partial charge in [-0.1, -0.05) is 12.1 Å². The van der Waals surface area contributed by atoms with Gasteiger partial charge in [-0.25, -0.2) is 0 Å². The summed E-state index contributed by atoms with van der Waals surface area (Å²) in [5.41, 5.74) is -5.41. The standard InChI is InChI=1S/C7H4F3O3S/c8-7(9,10)14(11,12)13-6-4-2-1-3-5-6/h2-5H. The van der Waals surface area contributed by atoms with Crippen LogP contribution in [-0.4, -0.2) is 13.9 Å². The Morgan fingerprint density at radius 2 is 1.71 bits per heavy atom. The minimum absolute atomic E-state index is 0.402. The Morgan fingerprint density at radius 1 is 1.21 bits per heavy atom. The summed E-state index contributed by atoms with van der Waals surface area (Å²) in [6.07, 6.45) is 0. The fourth-order valence-electron chi connectivity index (χ4n) is 0.601. The van der Waals surface area contributed by atoms with E-state index in [4.69, 9.17) is 0 Å². The molecule has 1 rings (SSSR count). The van der Waals surface area contributed by atoms with E-state index in [1.54, 1.807) is 0 Å². The maximum absolute atomic E-state index is 11.8. The summed E-state index contributed by atoms with van der Waals surface area (Å²) in [5, 5.41) is 0. The summed E-state index contributed by atoms with van der Waals surface area (Å²) in [7, 11) is -5.56. The van der Waals surface area contributed by atoms with Crippen LogP contribution in [0.2, 0.25) is 0 Å². The molecule has 0 aromatic heterocycles. The SMILES string of the molecule is O=S(=O)(Oc1cc[c]cc1)C(F)(F)F. The van der Waals surface area contributed by atoms with E-state index in [0.717, 1.165) is 12.1 Å². The summed E-state index contributed by atoms with van der Waals surface area (Å²) in [5.74, 6) is -0.402. The lowest BCUT2D eigenvalue weighted by molar-refractivity contribution is -0.0500. The molecule has 1 aromatic carbocycles. The van der Waals surface area contributed by atoms with Gasteiger partial charge >= 0.3 is 15.6 Å². The second-order valence-corrected chi connectivity index (χ2v) is 3.76. The van der Waals surface area contributed by atoms with E-state index >= 15 is 0 Å². The van der Waals surface area contributed by atoms with Crippen LogP contribution < -0.4 is 4.18 Å². The predicted molar refractivity (Wildman–Crippen MR) is 40.9 cm³/mol. The van der Waals surface area contributed by atoms with Gasteiger partial charge in [0.25, 0.3) is 0 Å². The van der Waals surface area contributed by atoms with Gasteiger partial charge in [-0.15, -0.1) is 0 Å². The summed E-state index contributed by atoms with van der Waals surface area (Å²) >= 11 is 0. The van der Waals surface area contributed by atoms with E-state index in [-0.39, 0.29) is 0 Å². The molecule has 3 nitrogen and oxygen atoms in total. The van der Waals surface area contributed by atoms with Crippen LogP contribution in [0.5, 0.6) is 5.75 Å². The zero-order valence-electron chi connectivity index (χ0n) is 6.58. The van der Waals surface area contributed by atoms with E-state index in [1.807, 2.05) is 0 Å². The third kappa shape index (κ3) is 2.38. The average molecular weight is 225 g/mol. The molecule has 0 amide bonds. The van der Waals surface area contributed by atoms with Crippen molar-refractivity contribution in [3.63, 3.8) is 0 Å². The highest BCUT2D eigenvalue weighted by Gasteiger charge is 2.48. The molecule has 0 spiro atoms. The van der Waals surface area contributed by atoms with Gasteiger partial charge in [-0.2, -0.15) is 21.6 Å². The fraction of sp³-hybridized carbons (Fsp3) is 0.143. The Bertz CT molecular complexity index is 396. The Morgan fingerprint density at radius 3 is 2.14 bits per heavy atom. The molecular formula is C7H4F3O3S. The number of hydrogen-bond acceptors (Lipinski definition) is 3. The maximum atomic E-state index is 11.8. The van der Waals surface area contributed by atoms with Gasteiger partial charge < -0.3 is 4.18 Å². The van der Waals surface area contributed by atoms with Crippen molar-refractivity contribution in [1.29, 1.82) is 0 Å². The van der Waals surface area contributed by atoms with Crippen LogP contribution >= 0.6 is 0 Å². The maximum Gasteiger partial charge on any atom is 0.534 e. The zero-order valence-corrected chi connectivity index (χ0v) is 7.39. The van der Waals surface area contributed by atoms with Crippen molar-refractivity contribution < 1.29 is 25.8 Å². The minimum Gasteiger partial charge on any atom is -0.376 e. The summed E-state index contributed by atoms with van der Waals surface area (Å²) < 4.78 is 60.1. The molecule has 77 valence electrons. The lowest BCUT2D eigenvalue weighted by atomic mass is 10.3. The molecule has 0 atom stereocenters. The van der Waals surface area contributed by atoms with E-state index in [1.165, 1.54) is 12.1 Å². The summed E-state index contributed by atoms with van der Waals surface area (Å²) in [4.78, 5) is 0. The number of alkyl halides is 3. The number of halogens is 3. The van der Waals surface area contributed by atoms with Gasteiger partial charge in [0.05, 0.1) is 0 Å². The Labute approximate surface area is 78.2 Å². The lowest BCUT2D eigenvalue weighted by Gasteiger charge is -2.08. The highest BCUT2D eigenvalue weighted by molar-refractivity contribution is 7.87. The van der Waals surface area contributed by atoms with Gasteiger partial charge in [0.2, 0.25) is 0 Å². The van der Waals surface area contributed by atoms with Gasteiger partial charge in [-0.05, 0) is 18.2 Å². The normalized spacial score (nSPS) is 12.5. The summed E-state index contributed by atoms with van der Waals surface area (Å²) in [6, 6.07) is 7.09. The Kier molecular flexibility index (Phi) is 2.70. The first-order valence-electron chi connectivity index (χ1n) is 3.30. The molecule has 1 radical (unpaired) electrons. The largest absolute Gasteiger partial charge is 0.534 e. The molecule has 0 bridgehead atoms. The fourth-order valence-corrected chi connectivity index (χ4v) is 1.06. The first kappa shape index (κ1) is 10.8. The van der Waals surface area contributed by atoms with Crippen molar-refractivity contribution in [2.24, 2.45) is 0 Å². The molecule has 14 heavy (non-hydrogen) atoms. The quantitative estimate of drug-likeness (QED) is 0.568. The molecule has 0 saturated carbocycles. The number of hydrogen-bond donors (Lipinski definition) is 0. The molecule has 0 unspecified atom stereocenters. The van der Waals surface area contributed by atoms with Gasteiger partial charge in [0, 0.05) is 0 Å². The smallest absolute Gasteiger partial charge is 0.376 e. The topological polar surface area (TPSA) is 43.4 Å². The van der Waals surface area contributed by atoms with E-state index in [2.05, 4.69) is 10.2 Å². The molecule has 0 heterocycles. The predicted octanol–water partition coefficient (Wildman–Crippen LogP) is 1.72. The first-order chi connectivity index (χ1) is 6.33. The van der Waals surface area contributed by atoms with Crippen LogP contribution in [0.1, 0.15) is 0 Å². The van der Waals surface area contributed by atoms with Gasteiger partial charge in [-0.3, -0.25) is 0 Å². The van der Waals surface area contributed by atoms with Crippen LogP contribution in [0.3, 0.4) is 0 Å². The van der Waals surface area contributed by atoms with Crippen molar-refractivity contribution in [1.82, 2.24) is 0 Å². The minimum atomic E-state index is -5.56. The van der Waals surface area contributed by atoms with E-state index < -0.39 is 21.4 Å². The molecule has 0 fully saturated rings. The van der Waals surface area contributed by atoms with Crippen molar-refractivity contribution >= 4 is 10.1 Å². The van der Waals surface area contributed by atoms with Gasteiger partial charge in [0.15, 0.2) is 0 Å². The van der Waals surface area contributed by atoms with Crippen LogP contribution in [0.15, 0.2) is 24.3 Å². The third-order valence-corrected chi connectivity index (χ3v) is 2.16. The number of benzene rings is 1. The van der Waals surface area contributed by atoms with E-state index in [9.17, 15) is 21.6 Å². The molecule has 1 aromatic rings. The van der Waals surface area contributed by atoms with Crippen LogP contribution in [0, 0.1) is 6.07 Å². The molecule has 0 aliphatic heterocycles.